The molecule has 3 aromatic rings. The molecule has 18 heavy (non-hydrogen) atoms. The third-order valence-corrected chi connectivity index (χ3v) is 2.86. The SMILES string of the molecule is Oc1cn2cccc(Cc3ccc(F)cc3)c2n1. The molecule has 0 spiro atoms. The lowest BCUT2D eigenvalue weighted by Gasteiger charge is -2.03. The fourth-order valence-electron chi connectivity index (χ4n) is 2.02. The maximum absolute atomic E-state index is 12.8. The molecule has 0 amide bonds. The second-order valence-electron chi connectivity index (χ2n) is 4.17. The molecule has 4 heteroatoms. The summed E-state index contributed by atoms with van der Waals surface area (Å²) in [5, 5.41) is 9.40. The summed E-state index contributed by atoms with van der Waals surface area (Å²) >= 11 is 0. The van der Waals surface area contributed by atoms with Crippen molar-refractivity contribution >= 4 is 5.65 Å². The largest absolute Gasteiger partial charge is 0.492 e. The summed E-state index contributed by atoms with van der Waals surface area (Å²) in [5.41, 5.74) is 2.72. The van der Waals surface area contributed by atoms with Crippen LogP contribution in [0.25, 0.3) is 5.65 Å². The van der Waals surface area contributed by atoms with Gasteiger partial charge in [-0.05, 0) is 29.3 Å². The van der Waals surface area contributed by atoms with Gasteiger partial charge in [-0.3, -0.25) is 0 Å². The number of rotatable bonds is 2. The van der Waals surface area contributed by atoms with Crippen molar-refractivity contribution in [3.8, 4) is 5.88 Å². The van der Waals surface area contributed by atoms with Crippen LogP contribution in [0.1, 0.15) is 11.1 Å². The van der Waals surface area contributed by atoms with Crippen LogP contribution in [-0.4, -0.2) is 14.5 Å². The fraction of sp³-hybridized carbons (Fsp3) is 0.0714. The topological polar surface area (TPSA) is 37.5 Å². The molecule has 2 heterocycles. The standard InChI is InChI=1S/C14H11FN2O/c15-12-5-3-10(4-6-12)8-11-2-1-7-17-9-13(18)16-14(11)17/h1-7,9,18H,8H2. The number of hydrogen-bond donors (Lipinski definition) is 1. The van der Waals surface area contributed by atoms with Crippen LogP contribution in [0.2, 0.25) is 0 Å². The Morgan fingerprint density at radius 3 is 2.72 bits per heavy atom. The maximum atomic E-state index is 12.8. The van der Waals surface area contributed by atoms with Gasteiger partial charge in [-0.25, -0.2) is 4.39 Å². The van der Waals surface area contributed by atoms with E-state index in [-0.39, 0.29) is 11.7 Å². The predicted octanol–water partition coefficient (Wildman–Crippen LogP) is 2.77. The summed E-state index contributed by atoms with van der Waals surface area (Å²) < 4.78 is 14.6. The van der Waals surface area contributed by atoms with Crippen LogP contribution < -0.4 is 0 Å². The smallest absolute Gasteiger partial charge is 0.230 e. The molecule has 0 fully saturated rings. The van der Waals surface area contributed by atoms with Crippen LogP contribution in [0.4, 0.5) is 4.39 Å². The van der Waals surface area contributed by atoms with E-state index < -0.39 is 0 Å². The first-order valence-corrected chi connectivity index (χ1v) is 5.62. The Hall–Kier alpha value is -2.36. The van der Waals surface area contributed by atoms with Crippen molar-refractivity contribution in [2.24, 2.45) is 0 Å². The Bertz CT molecular complexity index is 689. The van der Waals surface area contributed by atoms with E-state index in [0.717, 1.165) is 16.8 Å². The number of nitrogens with zero attached hydrogens (tertiary/aromatic N) is 2. The number of fused-ring (bicyclic) bond motifs is 1. The van der Waals surface area contributed by atoms with Gasteiger partial charge >= 0.3 is 0 Å². The van der Waals surface area contributed by atoms with E-state index in [1.165, 1.54) is 12.1 Å². The third kappa shape index (κ3) is 1.93. The van der Waals surface area contributed by atoms with Gasteiger partial charge in [0.1, 0.15) is 11.5 Å². The minimum atomic E-state index is -0.240. The summed E-state index contributed by atoms with van der Waals surface area (Å²) in [5.74, 6) is -0.239. The van der Waals surface area contributed by atoms with Crippen molar-refractivity contribution in [2.75, 3.05) is 0 Å². The van der Waals surface area contributed by atoms with Crippen molar-refractivity contribution in [1.29, 1.82) is 0 Å². The van der Waals surface area contributed by atoms with Crippen LogP contribution in [0.15, 0.2) is 48.8 Å². The molecule has 3 rings (SSSR count). The van der Waals surface area contributed by atoms with E-state index in [1.54, 1.807) is 22.7 Å². The molecule has 0 aliphatic carbocycles. The normalized spacial score (nSPS) is 10.9. The second-order valence-corrected chi connectivity index (χ2v) is 4.17. The van der Waals surface area contributed by atoms with Crippen LogP contribution in [0.3, 0.4) is 0 Å². The van der Waals surface area contributed by atoms with Gasteiger partial charge in [-0.15, -0.1) is 0 Å². The third-order valence-electron chi connectivity index (χ3n) is 2.86. The summed E-state index contributed by atoms with van der Waals surface area (Å²) in [4.78, 5) is 4.07. The number of pyridine rings is 1. The van der Waals surface area contributed by atoms with Crippen molar-refractivity contribution in [1.82, 2.24) is 9.38 Å². The molecule has 1 N–H and O–H groups in total. The molecule has 0 bridgehead atoms. The molecular formula is C14H11FN2O. The lowest BCUT2D eigenvalue weighted by molar-refractivity contribution is 0.457. The van der Waals surface area contributed by atoms with Crippen LogP contribution >= 0.6 is 0 Å². The van der Waals surface area contributed by atoms with Crippen LogP contribution in [0.5, 0.6) is 5.88 Å². The summed E-state index contributed by atoms with van der Waals surface area (Å²) in [6.45, 7) is 0. The molecule has 3 nitrogen and oxygen atoms in total. The van der Waals surface area contributed by atoms with E-state index in [4.69, 9.17) is 0 Å². The first-order chi connectivity index (χ1) is 8.72. The number of aromatic hydroxyl groups is 1. The monoisotopic (exact) mass is 242 g/mol. The quantitative estimate of drug-likeness (QED) is 0.750. The van der Waals surface area contributed by atoms with Gasteiger partial charge in [0, 0.05) is 12.6 Å². The number of hydrogen-bond acceptors (Lipinski definition) is 2. The molecule has 0 unspecified atom stereocenters. The molecule has 2 aromatic heterocycles. The minimum absolute atomic E-state index is 0.00144. The lowest BCUT2D eigenvalue weighted by Crippen LogP contribution is -1.93. The highest BCUT2D eigenvalue weighted by atomic mass is 19.1. The predicted molar refractivity (Wildman–Crippen MR) is 66.1 cm³/mol. The lowest BCUT2D eigenvalue weighted by atomic mass is 10.1. The van der Waals surface area contributed by atoms with E-state index in [9.17, 15) is 9.50 Å². The first kappa shape index (κ1) is 10.8. The Labute approximate surface area is 103 Å². The van der Waals surface area contributed by atoms with Gasteiger partial charge in [0.25, 0.3) is 0 Å². The zero-order valence-corrected chi connectivity index (χ0v) is 9.55. The molecule has 0 saturated carbocycles. The molecule has 0 atom stereocenters. The van der Waals surface area contributed by atoms with Crippen LogP contribution in [0, 0.1) is 5.82 Å². The molecule has 90 valence electrons. The van der Waals surface area contributed by atoms with Crippen molar-refractivity contribution in [3.05, 3.63) is 65.7 Å². The van der Waals surface area contributed by atoms with E-state index >= 15 is 0 Å². The highest BCUT2D eigenvalue weighted by molar-refractivity contribution is 5.51. The van der Waals surface area contributed by atoms with E-state index in [2.05, 4.69) is 4.98 Å². The average Bonchev–Trinajstić information content (AvgIpc) is 2.73. The van der Waals surface area contributed by atoms with Gasteiger partial charge in [0.2, 0.25) is 5.88 Å². The van der Waals surface area contributed by atoms with E-state index in [1.807, 2.05) is 18.3 Å². The van der Waals surface area contributed by atoms with Gasteiger partial charge in [0.05, 0.1) is 6.20 Å². The molecule has 1 aromatic carbocycles. The summed E-state index contributed by atoms with van der Waals surface area (Å²) in [6, 6.07) is 10.2. The first-order valence-electron chi connectivity index (χ1n) is 5.62. The average molecular weight is 242 g/mol. The van der Waals surface area contributed by atoms with Crippen LogP contribution in [-0.2, 0) is 6.42 Å². The fourth-order valence-corrected chi connectivity index (χ4v) is 2.02. The molecule has 0 aliphatic heterocycles. The Kier molecular flexibility index (Phi) is 2.48. The van der Waals surface area contributed by atoms with Crippen molar-refractivity contribution in [2.45, 2.75) is 6.42 Å². The highest BCUT2D eigenvalue weighted by Gasteiger charge is 2.06. The molecular weight excluding hydrogens is 231 g/mol. The number of benzene rings is 1. The zero-order chi connectivity index (χ0) is 12.5. The molecule has 0 radical (unpaired) electrons. The van der Waals surface area contributed by atoms with Crippen molar-refractivity contribution in [3.63, 3.8) is 0 Å². The summed E-state index contributed by atoms with van der Waals surface area (Å²) in [7, 11) is 0. The van der Waals surface area contributed by atoms with Gasteiger partial charge in [0.15, 0.2) is 0 Å². The van der Waals surface area contributed by atoms with E-state index in [0.29, 0.717) is 6.42 Å². The maximum Gasteiger partial charge on any atom is 0.230 e. The Balaban J connectivity index is 2.01. The van der Waals surface area contributed by atoms with Gasteiger partial charge in [-0.1, -0.05) is 18.2 Å². The zero-order valence-electron chi connectivity index (χ0n) is 9.55. The number of halogens is 1. The number of aromatic nitrogens is 2. The summed E-state index contributed by atoms with van der Waals surface area (Å²) in [6.07, 6.45) is 4.04. The minimum Gasteiger partial charge on any atom is -0.492 e. The van der Waals surface area contributed by atoms with Gasteiger partial charge < -0.3 is 9.51 Å². The van der Waals surface area contributed by atoms with Gasteiger partial charge in [-0.2, -0.15) is 4.98 Å². The molecule has 0 aliphatic rings. The Morgan fingerprint density at radius 2 is 1.94 bits per heavy atom. The van der Waals surface area contributed by atoms with Crippen molar-refractivity contribution < 1.29 is 9.50 Å². The second kappa shape index (κ2) is 4.14. The highest BCUT2D eigenvalue weighted by Crippen LogP contribution is 2.18. The molecule has 0 saturated heterocycles. The Morgan fingerprint density at radius 1 is 1.17 bits per heavy atom. The number of imidazole rings is 1.